The molecule has 0 spiro atoms. The lowest BCUT2D eigenvalue weighted by atomic mass is 10.1. The number of hydrogen-bond acceptors (Lipinski definition) is 4. The van der Waals surface area contributed by atoms with Crippen molar-refractivity contribution >= 4 is 37.0 Å². The molecule has 0 aromatic carbocycles. The van der Waals surface area contributed by atoms with Crippen molar-refractivity contribution in [1.82, 2.24) is 4.90 Å². The minimum absolute atomic E-state index is 0.0671. The molecule has 2 atom stereocenters. The smallest absolute Gasteiger partial charge is 0.271 e. The van der Waals surface area contributed by atoms with Gasteiger partial charge >= 0.3 is 0 Å². The van der Waals surface area contributed by atoms with E-state index in [4.69, 9.17) is 10.7 Å². The first kappa shape index (κ1) is 14.8. The van der Waals surface area contributed by atoms with Gasteiger partial charge in [0.05, 0.1) is 5.56 Å². The van der Waals surface area contributed by atoms with Gasteiger partial charge in [0, 0.05) is 28.6 Å². The molecule has 2 rings (SSSR count). The normalized spacial score (nSPS) is 23.9. The number of carbonyl (C=O) groups excluding carboxylic acids is 1. The number of thiophene rings is 1. The fourth-order valence-electron chi connectivity index (χ4n) is 2.59. The third-order valence-corrected chi connectivity index (χ3v) is 6.80. The van der Waals surface area contributed by atoms with Gasteiger partial charge in [0.25, 0.3) is 15.0 Å². The highest BCUT2D eigenvalue weighted by Gasteiger charge is 2.32. The van der Waals surface area contributed by atoms with Gasteiger partial charge < -0.3 is 4.90 Å². The first-order chi connectivity index (χ1) is 8.71. The molecule has 0 aliphatic carbocycles. The van der Waals surface area contributed by atoms with Crippen molar-refractivity contribution in [2.75, 3.05) is 6.54 Å². The molecular formula is C12H16ClNO3S2. The van der Waals surface area contributed by atoms with Gasteiger partial charge in [-0.15, -0.1) is 11.3 Å². The Labute approximate surface area is 121 Å². The van der Waals surface area contributed by atoms with E-state index in [9.17, 15) is 13.2 Å². The molecule has 1 aromatic rings. The van der Waals surface area contributed by atoms with Crippen LogP contribution in [0.5, 0.6) is 0 Å². The van der Waals surface area contributed by atoms with Crippen LogP contribution in [0.1, 0.15) is 36.2 Å². The third kappa shape index (κ3) is 2.80. The molecule has 0 N–H and O–H groups in total. The van der Waals surface area contributed by atoms with Gasteiger partial charge in [-0.2, -0.15) is 0 Å². The van der Waals surface area contributed by atoms with Crippen LogP contribution in [0.4, 0.5) is 0 Å². The number of likely N-dealkylation sites (tertiary alicyclic amines) is 1. The SMILES string of the molecule is Cc1c(C(=O)N2CC(C)CC2C)csc1S(=O)(=O)Cl. The maximum absolute atomic E-state index is 12.5. The van der Waals surface area contributed by atoms with Crippen molar-refractivity contribution in [1.29, 1.82) is 0 Å². The summed E-state index contributed by atoms with van der Waals surface area (Å²) < 4.78 is 22.8. The molecule has 0 bridgehead atoms. The summed E-state index contributed by atoms with van der Waals surface area (Å²) in [5.41, 5.74) is 0.905. The summed E-state index contributed by atoms with van der Waals surface area (Å²) in [6.07, 6.45) is 0.982. The number of hydrogen-bond donors (Lipinski definition) is 0. The molecule has 2 heterocycles. The third-order valence-electron chi connectivity index (χ3n) is 3.49. The maximum Gasteiger partial charge on any atom is 0.271 e. The summed E-state index contributed by atoms with van der Waals surface area (Å²) in [6, 6.07) is 0.192. The van der Waals surface area contributed by atoms with Gasteiger partial charge in [0.15, 0.2) is 0 Å². The van der Waals surface area contributed by atoms with Gasteiger partial charge in [-0.3, -0.25) is 4.79 Å². The lowest BCUT2D eigenvalue weighted by Crippen LogP contribution is -2.34. The van der Waals surface area contributed by atoms with Gasteiger partial charge in [-0.05, 0) is 31.7 Å². The Hall–Kier alpha value is -0.590. The van der Waals surface area contributed by atoms with E-state index >= 15 is 0 Å². The van der Waals surface area contributed by atoms with Crippen molar-refractivity contribution in [2.45, 2.75) is 37.4 Å². The Morgan fingerprint density at radius 1 is 1.47 bits per heavy atom. The predicted octanol–water partition coefficient (Wildman–Crippen LogP) is 2.85. The first-order valence-corrected chi connectivity index (χ1v) is 9.24. The minimum Gasteiger partial charge on any atom is -0.336 e. The molecule has 4 nitrogen and oxygen atoms in total. The monoisotopic (exact) mass is 321 g/mol. The lowest BCUT2D eigenvalue weighted by Gasteiger charge is -2.21. The molecule has 0 saturated carbocycles. The Morgan fingerprint density at radius 3 is 2.53 bits per heavy atom. The van der Waals surface area contributed by atoms with Gasteiger partial charge in [0.1, 0.15) is 4.21 Å². The van der Waals surface area contributed by atoms with Crippen molar-refractivity contribution in [3.05, 3.63) is 16.5 Å². The number of nitrogens with zero attached hydrogens (tertiary/aromatic N) is 1. The molecule has 7 heteroatoms. The van der Waals surface area contributed by atoms with E-state index in [0.29, 0.717) is 17.0 Å². The molecule has 2 unspecified atom stereocenters. The van der Waals surface area contributed by atoms with E-state index in [-0.39, 0.29) is 16.2 Å². The quantitative estimate of drug-likeness (QED) is 0.787. The molecule has 1 amide bonds. The number of amides is 1. The van der Waals surface area contributed by atoms with Crippen molar-refractivity contribution in [3.8, 4) is 0 Å². The molecule has 1 fully saturated rings. The zero-order chi connectivity index (χ0) is 14.4. The topological polar surface area (TPSA) is 54.5 Å². The second kappa shape index (κ2) is 5.07. The zero-order valence-electron chi connectivity index (χ0n) is 11.0. The Kier molecular flexibility index (Phi) is 3.95. The predicted molar refractivity (Wildman–Crippen MR) is 76.4 cm³/mol. The van der Waals surface area contributed by atoms with Gasteiger partial charge in [0.2, 0.25) is 0 Å². The van der Waals surface area contributed by atoms with Crippen LogP contribution in [0.25, 0.3) is 0 Å². The molecule has 19 heavy (non-hydrogen) atoms. The largest absolute Gasteiger partial charge is 0.336 e. The maximum atomic E-state index is 12.5. The molecule has 0 radical (unpaired) electrons. The Morgan fingerprint density at radius 2 is 2.11 bits per heavy atom. The van der Waals surface area contributed by atoms with Crippen LogP contribution in [0, 0.1) is 12.8 Å². The second-order valence-electron chi connectivity index (χ2n) is 5.15. The average molecular weight is 322 g/mol. The Balaban J connectivity index is 2.33. The molecular weight excluding hydrogens is 306 g/mol. The molecule has 1 aliphatic rings. The molecule has 1 aliphatic heterocycles. The highest BCUT2D eigenvalue weighted by atomic mass is 35.7. The summed E-state index contributed by atoms with van der Waals surface area (Å²) >= 11 is 1.00. The number of halogens is 1. The van der Waals surface area contributed by atoms with Crippen LogP contribution in [0.15, 0.2) is 9.59 Å². The summed E-state index contributed by atoms with van der Waals surface area (Å²) in [6.45, 7) is 6.47. The summed E-state index contributed by atoms with van der Waals surface area (Å²) in [5, 5.41) is 1.59. The van der Waals surface area contributed by atoms with Crippen LogP contribution in [0.3, 0.4) is 0 Å². The van der Waals surface area contributed by atoms with E-state index in [2.05, 4.69) is 6.92 Å². The van der Waals surface area contributed by atoms with Gasteiger partial charge in [-0.1, -0.05) is 6.92 Å². The van der Waals surface area contributed by atoms with E-state index in [1.165, 1.54) is 0 Å². The van der Waals surface area contributed by atoms with Crippen LogP contribution in [0.2, 0.25) is 0 Å². The van der Waals surface area contributed by atoms with E-state index in [1.54, 1.807) is 12.3 Å². The van der Waals surface area contributed by atoms with E-state index in [0.717, 1.165) is 24.3 Å². The fraction of sp³-hybridized carbons (Fsp3) is 0.583. The first-order valence-electron chi connectivity index (χ1n) is 6.05. The molecule has 106 valence electrons. The highest BCUT2D eigenvalue weighted by Crippen LogP contribution is 2.32. The van der Waals surface area contributed by atoms with Crippen LogP contribution in [-0.2, 0) is 9.05 Å². The minimum atomic E-state index is -3.77. The van der Waals surface area contributed by atoms with Crippen LogP contribution < -0.4 is 0 Å². The van der Waals surface area contributed by atoms with Crippen LogP contribution in [-0.4, -0.2) is 31.8 Å². The van der Waals surface area contributed by atoms with Crippen molar-refractivity contribution in [2.24, 2.45) is 5.92 Å². The molecule has 1 saturated heterocycles. The molecule has 1 aromatic heterocycles. The fourth-order valence-corrected chi connectivity index (χ4v) is 5.13. The van der Waals surface area contributed by atoms with Crippen LogP contribution >= 0.6 is 22.0 Å². The second-order valence-corrected chi connectivity index (χ2v) is 8.79. The lowest BCUT2D eigenvalue weighted by molar-refractivity contribution is 0.0743. The summed E-state index contributed by atoms with van der Waals surface area (Å²) in [7, 11) is 1.58. The standard InChI is InChI=1S/C12H16ClNO3S2/c1-7-4-8(2)14(5-7)11(15)10-6-18-12(9(10)3)19(13,16)17/h6-8H,4-5H2,1-3H3. The van der Waals surface area contributed by atoms with Gasteiger partial charge in [-0.25, -0.2) is 8.42 Å². The summed E-state index contributed by atoms with van der Waals surface area (Å²) in [4.78, 5) is 14.3. The Bertz CT molecular complexity index is 608. The van der Waals surface area contributed by atoms with Crippen molar-refractivity contribution < 1.29 is 13.2 Å². The number of rotatable bonds is 2. The average Bonchev–Trinajstić information content (AvgIpc) is 2.80. The number of carbonyl (C=O) groups is 1. The van der Waals surface area contributed by atoms with Crippen molar-refractivity contribution in [3.63, 3.8) is 0 Å². The van der Waals surface area contributed by atoms with E-state index < -0.39 is 9.05 Å². The highest BCUT2D eigenvalue weighted by molar-refractivity contribution is 8.15. The zero-order valence-corrected chi connectivity index (χ0v) is 13.4. The summed E-state index contributed by atoms with van der Waals surface area (Å²) in [5.74, 6) is 0.381. The van der Waals surface area contributed by atoms with E-state index in [1.807, 2.05) is 11.8 Å².